The molecule has 2 heteroatoms. The minimum atomic E-state index is 0.161. The number of phenols is 1. The Morgan fingerprint density at radius 3 is 2.86 bits per heavy atom. The molecule has 0 radical (unpaired) electrons. The van der Waals surface area contributed by atoms with E-state index in [9.17, 15) is 9.90 Å². The first-order valence-electron chi connectivity index (χ1n) is 8.53. The third-order valence-corrected chi connectivity index (χ3v) is 6.67. The van der Waals surface area contributed by atoms with Crippen LogP contribution in [-0.2, 0) is 11.2 Å². The zero-order chi connectivity index (χ0) is 15.5. The normalized spacial score (nSPS) is 36.1. The lowest BCUT2D eigenvalue weighted by atomic mass is 9.58. The number of hydrogen-bond donors (Lipinski definition) is 1. The summed E-state index contributed by atoms with van der Waals surface area (Å²) in [4.78, 5) is 12.1. The van der Waals surface area contributed by atoms with Crippen molar-refractivity contribution in [3.05, 3.63) is 35.4 Å². The second-order valence-corrected chi connectivity index (χ2v) is 7.70. The Labute approximate surface area is 132 Å². The monoisotopic (exact) mass is 296 g/mol. The molecular weight excluding hydrogens is 272 g/mol. The highest BCUT2D eigenvalue weighted by Gasteiger charge is 2.53. The Morgan fingerprint density at radius 2 is 2.09 bits per heavy atom. The van der Waals surface area contributed by atoms with E-state index >= 15 is 0 Å². The summed E-state index contributed by atoms with van der Waals surface area (Å²) in [6.45, 7) is 4.12. The second-order valence-electron chi connectivity index (χ2n) is 7.70. The summed E-state index contributed by atoms with van der Waals surface area (Å²) in [7, 11) is 0. The van der Waals surface area contributed by atoms with E-state index in [1.54, 1.807) is 6.92 Å². The van der Waals surface area contributed by atoms with Crippen LogP contribution in [0.2, 0.25) is 0 Å². The van der Waals surface area contributed by atoms with Gasteiger partial charge >= 0.3 is 0 Å². The highest BCUT2D eigenvalue weighted by Crippen LogP contribution is 2.60. The van der Waals surface area contributed by atoms with Crippen molar-refractivity contribution >= 4 is 11.4 Å². The zero-order valence-corrected chi connectivity index (χ0v) is 13.4. The Hall–Kier alpha value is -1.57. The third kappa shape index (κ3) is 1.82. The molecule has 0 amide bonds. The van der Waals surface area contributed by atoms with Crippen LogP contribution in [0.3, 0.4) is 0 Å². The fourth-order valence-electron chi connectivity index (χ4n) is 5.63. The summed E-state index contributed by atoms with van der Waals surface area (Å²) in [5.41, 5.74) is 4.26. The number of carbonyl (C=O) groups excluding carboxylic acids is 1. The molecule has 1 aromatic carbocycles. The number of allylic oxidation sites excluding steroid dienone is 2. The van der Waals surface area contributed by atoms with Gasteiger partial charge in [-0.2, -0.15) is 0 Å². The number of ketones is 1. The summed E-state index contributed by atoms with van der Waals surface area (Å²) >= 11 is 0. The van der Waals surface area contributed by atoms with E-state index in [1.165, 1.54) is 23.1 Å². The highest BCUT2D eigenvalue weighted by atomic mass is 16.3. The average Bonchev–Trinajstić information content (AvgIpc) is 2.84. The molecule has 1 aromatic rings. The Bertz CT molecular complexity index is 672. The van der Waals surface area contributed by atoms with Crippen molar-refractivity contribution < 1.29 is 9.90 Å². The first-order chi connectivity index (χ1) is 10.5. The van der Waals surface area contributed by atoms with Crippen LogP contribution >= 0.6 is 0 Å². The molecule has 3 aliphatic carbocycles. The van der Waals surface area contributed by atoms with E-state index in [1.807, 2.05) is 12.1 Å². The SMILES string of the molecule is CC(=O)C1CCC2C3CCc4cc(O)ccc4C3=CC[C@]12C. The molecule has 1 fully saturated rings. The number of fused-ring (bicyclic) bond motifs is 5. The summed E-state index contributed by atoms with van der Waals surface area (Å²) < 4.78 is 0. The first-order valence-corrected chi connectivity index (χ1v) is 8.53. The molecule has 3 aliphatic rings. The van der Waals surface area contributed by atoms with Gasteiger partial charge in [0.1, 0.15) is 11.5 Å². The lowest BCUT2D eigenvalue weighted by molar-refractivity contribution is -0.124. The Morgan fingerprint density at radius 1 is 1.27 bits per heavy atom. The van der Waals surface area contributed by atoms with Crippen LogP contribution in [0, 0.1) is 23.2 Å². The fourth-order valence-corrected chi connectivity index (χ4v) is 5.63. The number of hydrogen-bond acceptors (Lipinski definition) is 2. The van der Waals surface area contributed by atoms with Crippen LogP contribution in [0.4, 0.5) is 0 Å². The van der Waals surface area contributed by atoms with Gasteiger partial charge in [-0.05, 0) is 85.1 Å². The molecule has 1 N–H and O–H groups in total. The van der Waals surface area contributed by atoms with Crippen molar-refractivity contribution in [2.24, 2.45) is 23.2 Å². The number of aryl methyl sites for hydroxylation is 1. The average molecular weight is 296 g/mol. The molecule has 4 atom stereocenters. The largest absolute Gasteiger partial charge is 0.508 e. The van der Waals surface area contributed by atoms with Gasteiger partial charge in [0.25, 0.3) is 0 Å². The second kappa shape index (κ2) is 4.71. The number of aromatic hydroxyl groups is 1. The van der Waals surface area contributed by atoms with E-state index in [2.05, 4.69) is 19.1 Å². The molecule has 0 aliphatic heterocycles. The lowest BCUT2D eigenvalue weighted by Gasteiger charge is -2.46. The van der Waals surface area contributed by atoms with Crippen LogP contribution in [-0.4, -0.2) is 10.9 Å². The highest BCUT2D eigenvalue weighted by molar-refractivity contribution is 5.81. The minimum Gasteiger partial charge on any atom is -0.508 e. The molecule has 116 valence electrons. The van der Waals surface area contributed by atoms with E-state index in [4.69, 9.17) is 0 Å². The van der Waals surface area contributed by atoms with E-state index in [0.717, 1.165) is 25.7 Å². The van der Waals surface area contributed by atoms with Crippen molar-refractivity contribution in [3.63, 3.8) is 0 Å². The smallest absolute Gasteiger partial charge is 0.133 e. The van der Waals surface area contributed by atoms with Gasteiger partial charge in [-0.3, -0.25) is 4.79 Å². The van der Waals surface area contributed by atoms with Gasteiger partial charge in [0.05, 0.1) is 0 Å². The molecule has 1 saturated carbocycles. The van der Waals surface area contributed by atoms with Crippen molar-refractivity contribution in [3.8, 4) is 5.75 Å². The number of Topliss-reactive ketones (excluding diaryl/α,β-unsaturated/α-hetero) is 1. The first kappa shape index (κ1) is 14.0. The van der Waals surface area contributed by atoms with Crippen molar-refractivity contribution in [1.82, 2.24) is 0 Å². The Kier molecular flexibility index (Phi) is 3.01. The quantitative estimate of drug-likeness (QED) is 0.836. The minimum absolute atomic E-state index is 0.161. The van der Waals surface area contributed by atoms with E-state index in [-0.39, 0.29) is 11.3 Å². The van der Waals surface area contributed by atoms with Crippen molar-refractivity contribution in [1.29, 1.82) is 0 Å². The molecule has 0 bridgehead atoms. The van der Waals surface area contributed by atoms with Crippen LogP contribution in [0.1, 0.15) is 50.7 Å². The lowest BCUT2D eigenvalue weighted by Crippen LogP contribution is -2.39. The van der Waals surface area contributed by atoms with Crippen LogP contribution in [0.5, 0.6) is 5.75 Å². The van der Waals surface area contributed by atoms with E-state index < -0.39 is 0 Å². The summed E-state index contributed by atoms with van der Waals surface area (Å²) in [6.07, 6.45) is 7.88. The summed E-state index contributed by atoms with van der Waals surface area (Å²) in [5.74, 6) is 2.24. The van der Waals surface area contributed by atoms with Gasteiger partial charge in [-0.25, -0.2) is 0 Å². The molecular formula is C20H24O2. The number of carbonyl (C=O) groups is 1. The molecule has 0 spiro atoms. The van der Waals surface area contributed by atoms with Crippen LogP contribution < -0.4 is 0 Å². The van der Waals surface area contributed by atoms with Crippen molar-refractivity contribution in [2.45, 2.75) is 46.0 Å². The predicted octanol–water partition coefficient (Wildman–Crippen LogP) is 4.36. The molecule has 0 heterocycles. The van der Waals surface area contributed by atoms with Crippen molar-refractivity contribution in [2.75, 3.05) is 0 Å². The molecule has 3 unspecified atom stereocenters. The zero-order valence-electron chi connectivity index (χ0n) is 13.4. The van der Waals surface area contributed by atoms with Gasteiger partial charge in [0.15, 0.2) is 0 Å². The molecule has 4 rings (SSSR count). The van der Waals surface area contributed by atoms with Crippen LogP contribution in [0.15, 0.2) is 24.3 Å². The fraction of sp³-hybridized carbons (Fsp3) is 0.550. The number of phenolic OH excluding ortho intramolecular Hbond substituents is 1. The number of benzene rings is 1. The maximum absolute atomic E-state index is 12.1. The standard InChI is InChI=1S/C20H24O2/c1-12(21)18-7-8-19-17-5-3-13-11-14(22)4-6-15(13)16(17)9-10-20(18,19)2/h4,6,9,11,17-19,22H,3,5,7-8,10H2,1-2H3/t17?,18?,19?,20-/m1/s1. The predicted molar refractivity (Wildman–Crippen MR) is 87.5 cm³/mol. The maximum atomic E-state index is 12.1. The summed E-state index contributed by atoms with van der Waals surface area (Å²) in [5, 5.41) is 9.71. The third-order valence-electron chi connectivity index (χ3n) is 6.67. The molecule has 0 aromatic heterocycles. The molecule has 22 heavy (non-hydrogen) atoms. The van der Waals surface area contributed by atoms with Crippen LogP contribution in [0.25, 0.3) is 5.57 Å². The van der Waals surface area contributed by atoms with Gasteiger partial charge in [-0.1, -0.05) is 19.1 Å². The maximum Gasteiger partial charge on any atom is 0.133 e. The van der Waals surface area contributed by atoms with E-state index in [0.29, 0.717) is 23.4 Å². The topological polar surface area (TPSA) is 37.3 Å². The van der Waals surface area contributed by atoms with Gasteiger partial charge < -0.3 is 5.11 Å². The van der Waals surface area contributed by atoms with Gasteiger partial charge in [0, 0.05) is 5.92 Å². The Balaban J connectivity index is 1.76. The number of rotatable bonds is 1. The summed E-state index contributed by atoms with van der Waals surface area (Å²) in [6, 6.07) is 5.82. The van der Waals surface area contributed by atoms with Gasteiger partial charge in [0.2, 0.25) is 0 Å². The molecule has 2 nitrogen and oxygen atoms in total. The van der Waals surface area contributed by atoms with Gasteiger partial charge in [-0.15, -0.1) is 0 Å². The molecule has 0 saturated heterocycles.